The van der Waals surface area contributed by atoms with Gasteiger partial charge < -0.3 is 69.5 Å². The van der Waals surface area contributed by atoms with Gasteiger partial charge in [0.2, 0.25) is 11.8 Å². The van der Waals surface area contributed by atoms with Crippen molar-refractivity contribution in [3.63, 3.8) is 0 Å². The van der Waals surface area contributed by atoms with Gasteiger partial charge in [-0.1, -0.05) is 24.8 Å². The Kier molecular flexibility index (Phi) is 12.3. The summed E-state index contributed by atoms with van der Waals surface area (Å²) >= 11 is 0. The number of hydrogen-bond acceptors (Lipinski definition) is 14. The molecule has 18 nitrogen and oxygen atoms in total. The number of amides is 2. The second kappa shape index (κ2) is 16.4. The van der Waals surface area contributed by atoms with Crippen LogP contribution in [0.2, 0.25) is 12.6 Å². The number of benzene rings is 2. The van der Waals surface area contributed by atoms with Gasteiger partial charge in [0, 0.05) is 12.1 Å². The fourth-order valence-electron chi connectivity index (χ4n) is 8.87. The number of aryl methyl sites for hydroxylation is 2. The molecule has 10 rings (SSSR count). The molecule has 0 bridgehead atoms. The van der Waals surface area contributed by atoms with Gasteiger partial charge in [0.05, 0.1) is 49.8 Å². The monoisotopic (exact) mass is 824 g/mol. The maximum Gasteiger partial charge on any atom is 1.00 e. The zero-order chi connectivity index (χ0) is 39.3. The predicted molar refractivity (Wildman–Crippen MR) is 194 cm³/mol. The normalized spacial score (nSPS) is 28.9. The zero-order valence-electron chi connectivity index (χ0n) is 32.4. The number of fused-ring (bicyclic) bond motifs is 4. The fourth-order valence-corrected chi connectivity index (χ4v) is 8.87. The molecule has 8 aliphatic rings. The number of nitrogens with one attached hydrogen (secondary N) is 2. The van der Waals surface area contributed by atoms with E-state index in [1.165, 1.54) is 0 Å². The molecule has 4 saturated heterocycles. The van der Waals surface area contributed by atoms with E-state index in [1.54, 1.807) is 34.1 Å². The molecule has 6 heterocycles. The van der Waals surface area contributed by atoms with Crippen molar-refractivity contribution in [1.82, 2.24) is 20.4 Å². The quantitative estimate of drug-likeness (QED) is 0.115. The Bertz CT molecular complexity index is 1840. The first-order valence-corrected chi connectivity index (χ1v) is 19.4. The Morgan fingerprint density at radius 3 is 1.33 bits per heavy atom. The SMILES string of the molecule is O=C(O)c1c(OC2CN(C(=O)[C@@H]3C[C@@H]4C[C@@H]4N3)C2)ccc2c1O[B-](O)(O)CC2.O=C(O)c1c(OC2CN(C(=O)[C@@H]3C[C@@H]4C[C@@H]4N3)C2)ccc2c1O[B-](O)(O)CC2.[Na+].[Na+]. The van der Waals surface area contributed by atoms with Crippen LogP contribution in [0.5, 0.6) is 23.0 Å². The topological polar surface area (TPSA) is 257 Å². The number of carboxylic acid groups (broad SMARTS) is 2. The summed E-state index contributed by atoms with van der Waals surface area (Å²) in [4.78, 5) is 52.0. The van der Waals surface area contributed by atoms with Crippen LogP contribution in [0.3, 0.4) is 0 Å². The Balaban J connectivity index is 0.000000171. The maximum absolute atomic E-state index is 12.5. The number of hydrogen-bond donors (Lipinski definition) is 8. The van der Waals surface area contributed by atoms with E-state index in [4.69, 9.17) is 18.8 Å². The van der Waals surface area contributed by atoms with Gasteiger partial charge in [0.25, 0.3) is 0 Å². The predicted octanol–water partition coefficient (Wildman–Crippen LogP) is -6.83. The number of carboxylic acids is 2. The third-order valence-electron chi connectivity index (χ3n) is 12.3. The van der Waals surface area contributed by atoms with E-state index in [-0.39, 0.29) is 142 Å². The molecule has 8 N–H and O–H groups in total. The molecule has 22 heteroatoms. The van der Waals surface area contributed by atoms with Crippen LogP contribution in [0.4, 0.5) is 0 Å². The van der Waals surface area contributed by atoms with Crippen LogP contribution in [-0.4, -0.2) is 140 Å². The minimum atomic E-state index is -3.07. The Morgan fingerprint density at radius 1 is 0.621 bits per heavy atom. The molecule has 0 radical (unpaired) electrons. The largest absolute Gasteiger partial charge is 1.00 e. The molecular weight excluding hydrogens is 780 g/mol. The Labute approximate surface area is 377 Å². The van der Waals surface area contributed by atoms with Crippen LogP contribution in [0.15, 0.2) is 24.3 Å². The fraction of sp³-hybridized carbons (Fsp3) is 0.556. The minimum absolute atomic E-state index is 0. The van der Waals surface area contributed by atoms with Crippen LogP contribution in [0, 0.1) is 11.8 Å². The van der Waals surface area contributed by atoms with Gasteiger partial charge in [-0.25, -0.2) is 9.59 Å². The standard InChI is InChI=1S/2C18H22BN2O7.2Na/c2*22-17(13-6-10-5-12(10)20-13)21-7-11(8-21)27-14-2-1-9-3-4-19(25,26)28-16(9)15(14)18(23)24;;/h2*1-2,10-13,20,25-26H,3-8H2,(H,23,24);;/q2*-1;2*+1/t2*10-,12-,13-;;/m00../s1. The number of carbonyl (C=O) groups is 4. The van der Waals surface area contributed by atoms with E-state index in [9.17, 15) is 49.5 Å². The van der Waals surface area contributed by atoms with E-state index in [0.29, 0.717) is 74.1 Å². The molecule has 300 valence electrons. The summed E-state index contributed by atoms with van der Waals surface area (Å²) < 4.78 is 22.0. The van der Waals surface area contributed by atoms with Crippen molar-refractivity contribution in [3.05, 3.63) is 46.5 Å². The summed E-state index contributed by atoms with van der Waals surface area (Å²) in [6.45, 7) is -4.55. The summed E-state index contributed by atoms with van der Waals surface area (Å²) in [7, 11) is 0. The molecule has 2 amide bonds. The number of ether oxygens (including phenoxy) is 2. The summed E-state index contributed by atoms with van der Waals surface area (Å²) in [6.07, 6.45) is 4.15. The van der Waals surface area contributed by atoms with Gasteiger partial charge >= 0.3 is 84.6 Å². The number of nitrogens with zero attached hydrogens (tertiary/aromatic N) is 2. The van der Waals surface area contributed by atoms with Crippen molar-refractivity contribution in [2.45, 2.75) is 87.5 Å². The van der Waals surface area contributed by atoms with Gasteiger partial charge in [0.1, 0.15) is 34.8 Å². The first-order chi connectivity index (χ1) is 26.6. The Hall–Kier alpha value is -2.59. The van der Waals surface area contributed by atoms with Gasteiger partial charge in [-0.3, -0.25) is 9.59 Å². The van der Waals surface area contributed by atoms with Crippen molar-refractivity contribution >= 4 is 37.3 Å². The first kappa shape index (κ1) is 43.5. The van der Waals surface area contributed by atoms with Crippen molar-refractivity contribution in [3.8, 4) is 23.0 Å². The molecule has 6 aliphatic heterocycles. The summed E-state index contributed by atoms with van der Waals surface area (Å²) in [6, 6.07) is 7.28. The average molecular weight is 824 g/mol. The van der Waals surface area contributed by atoms with E-state index in [1.807, 2.05) is 0 Å². The molecule has 0 unspecified atom stereocenters. The molecule has 58 heavy (non-hydrogen) atoms. The number of carbonyl (C=O) groups excluding carboxylic acids is 2. The minimum Gasteiger partial charge on any atom is -0.669 e. The third-order valence-corrected chi connectivity index (χ3v) is 12.3. The summed E-state index contributed by atoms with van der Waals surface area (Å²) in [5, 5.41) is 65.1. The molecule has 0 aromatic heterocycles. The van der Waals surface area contributed by atoms with Crippen LogP contribution in [0.25, 0.3) is 0 Å². The molecule has 2 aromatic carbocycles. The molecular formula is C36H44B2N4Na2O14. The van der Waals surface area contributed by atoms with Gasteiger partial charge in [-0.15, -0.1) is 0 Å². The van der Waals surface area contributed by atoms with E-state index in [0.717, 1.165) is 25.7 Å². The van der Waals surface area contributed by atoms with Gasteiger partial charge in [-0.05, 0) is 73.6 Å². The second-order valence-electron chi connectivity index (χ2n) is 16.6. The smallest absolute Gasteiger partial charge is 0.669 e. The van der Waals surface area contributed by atoms with E-state index < -0.39 is 25.4 Å². The average Bonchev–Trinajstić information content (AvgIpc) is 3.94. The van der Waals surface area contributed by atoms with Crippen LogP contribution in [-0.2, 0) is 22.4 Å². The van der Waals surface area contributed by atoms with E-state index >= 15 is 0 Å². The molecule has 0 spiro atoms. The van der Waals surface area contributed by atoms with Crippen molar-refractivity contribution in [1.29, 1.82) is 0 Å². The third kappa shape index (κ3) is 8.76. The molecule has 2 aromatic rings. The zero-order valence-corrected chi connectivity index (χ0v) is 36.4. The van der Waals surface area contributed by atoms with Crippen molar-refractivity contribution in [2.24, 2.45) is 11.8 Å². The molecule has 2 saturated carbocycles. The van der Waals surface area contributed by atoms with Crippen LogP contribution >= 0.6 is 0 Å². The number of rotatable bonds is 8. The molecule has 2 aliphatic carbocycles. The number of piperidine rings is 2. The summed E-state index contributed by atoms with van der Waals surface area (Å²) in [5.41, 5.74) is 0.769. The molecule has 6 atom stereocenters. The number of aromatic carboxylic acids is 2. The van der Waals surface area contributed by atoms with Crippen LogP contribution in [0.1, 0.15) is 57.5 Å². The Morgan fingerprint density at radius 2 is 1.00 bits per heavy atom. The van der Waals surface area contributed by atoms with Gasteiger partial charge in [-0.2, -0.15) is 0 Å². The second-order valence-corrected chi connectivity index (χ2v) is 16.6. The van der Waals surface area contributed by atoms with Gasteiger partial charge in [0.15, 0.2) is 0 Å². The molecule has 6 fully saturated rings. The van der Waals surface area contributed by atoms with Crippen molar-refractivity contribution < 1.29 is 127 Å². The first-order valence-electron chi connectivity index (χ1n) is 19.4. The van der Waals surface area contributed by atoms with Crippen molar-refractivity contribution in [2.75, 3.05) is 26.2 Å². The number of likely N-dealkylation sites (tertiary alicyclic amines) is 2. The van der Waals surface area contributed by atoms with Crippen LogP contribution < -0.4 is 88.5 Å². The van der Waals surface area contributed by atoms with E-state index in [2.05, 4.69) is 10.6 Å². The maximum atomic E-state index is 12.5. The summed E-state index contributed by atoms with van der Waals surface area (Å²) in [5.74, 6) is -0.978.